The van der Waals surface area contributed by atoms with Crippen molar-refractivity contribution in [2.45, 2.75) is 70.6 Å². The van der Waals surface area contributed by atoms with Gasteiger partial charge in [0.25, 0.3) is 6.71 Å². The first-order chi connectivity index (χ1) is 39.0. The zero-order chi connectivity index (χ0) is 53.7. The fourth-order valence-electron chi connectivity index (χ4n) is 16.1. The van der Waals surface area contributed by atoms with Gasteiger partial charge < -0.3 is 9.80 Å². The van der Waals surface area contributed by atoms with Crippen LogP contribution in [0.15, 0.2) is 224 Å². The molecule has 17 rings (SSSR count). The monoisotopic (exact) mass is 1020 g/mol. The van der Waals surface area contributed by atoms with Crippen molar-refractivity contribution in [1.82, 2.24) is 0 Å². The fourth-order valence-corrected chi connectivity index (χ4v) is 16.1. The summed E-state index contributed by atoms with van der Waals surface area (Å²) in [7, 11) is 0. The Morgan fingerprint density at radius 1 is 0.350 bits per heavy atom. The lowest BCUT2D eigenvalue weighted by atomic mass is 9.33. The molecule has 380 valence electrons. The van der Waals surface area contributed by atoms with Crippen molar-refractivity contribution in [3.8, 4) is 44.5 Å². The molecule has 3 heteroatoms. The molecule has 0 amide bonds. The molecule has 0 bridgehead atoms. The lowest BCUT2D eigenvalue weighted by Gasteiger charge is -2.45. The Labute approximate surface area is 470 Å². The van der Waals surface area contributed by atoms with Crippen LogP contribution in [0.3, 0.4) is 0 Å². The minimum absolute atomic E-state index is 0.00427. The number of fused-ring (bicyclic) bond motifs is 24. The average molecular weight is 1020 g/mol. The van der Waals surface area contributed by atoms with Gasteiger partial charge in [-0.3, -0.25) is 0 Å². The highest BCUT2D eigenvalue weighted by atomic mass is 15.2. The van der Waals surface area contributed by atoms with Crippen LogP contribution in [0.2, 0.25) is 0 Å². The highest BCUT2D eigenvalue weighted by Gasteiger charge is 2.56. The summed E-state index contributed by atoms with van der Waals surface area (Å²) in [4.78, 5) is 5.27. The molecule has 4 aliphatic carbocycles. The Kier molecular flexibility index (Phi) is 9.15. The molecule has 80 heavy (non-hydrogen) atoms. The number of benzene rings is 11. The second-order valence-electron chi connectivity index (χ2n) is 25.1. The van der Waals surface area contributed by atoms with E-state index in [1.165, 1.54) is 162 Å². The van der Waals surface area contributed by atoms with Crippen LogP contribution in [0.4, 0.5) is 34.1 Å². The molecule has 0 unspecified atom stereocenters. The van der Waals surface area contributed by atoms with E-state index in [-0.39, 0.29) is 12.1 Å². The van der Waals surface area contributed by atoms with E-state index in [0.29, 0.717) is 5.92 Å². The van der Waals surface area contributed by atoms with Crippen molar-refractivity contribution < 1.29 is 0 Å². The predicted octanol–water partition coefficient (Wildman–Crippen LogP) is 17.5. The Balaban J connectivity index is 1.03. The maximum absolute atomic E-state index is 2.71. The van der Waals surface area contributed by atoms with Gasteiger partial charge in [-0.1, -0.05) is 216 Å². The Morgan fingerprint density at radius 2 is 0.725 bits per heavy atom. The molecule has 6 aliphatic rings. The number of hydrogen-bond acceptors (Lipinski definition) is 2. The van der Waals surface area contributed by atoms with Gasteiger partial charge in [0.2, 0.25) is 0 Å². The van der Waals surface area contributed by atoms with Crippen LogP contribution in [0.5, 0.6) is 0 Å². The Morgan fingerprint density at radius 3 is 1.15 bits per heavy atom. The first-order valence-electron chi connectivity index (χ1n) is 28.9. The van der Waals surface area contributed by atoms with Crippen LogP contribution in [-0.2, 0) is 16.2 Å². The van der Waals surface area contributed by atoms with E-state index in [9.17, 15) is 0 Å². The first kappa shape index (κ1) is 46.0. The van der Waals surface area contributed by atoms with E-state index in [1.54, 1.807) is 0 Å². The molecule has 0 N–H and O–H groups in total. The smallest absolute Gasteiger partial charge is 0.252 e. The molecular formula is C77H59BN2. The molecule has 11 aromatic rings. The summed E-state index contributed by atoms with van der Waals surface area (Å²) in [6.45, 7) is 16.0. The first-order valence-corrected chi connectivity index (χ1v) is 28.9. The second kappa shape index (κ2) is 15.9. The highest BCUT2D eigenvalue weighted by molar-refractivity contribution is 7.00. The maximum atomic E-state index is 2.71. The van der Waals surface area contributed by atoms with Gasteiger partial charge in [0, 0.05) is 34.1 Å². The van der Waals surface area contributed by atoms with E-state index in [4.69, 9.17) is 0 Å². The van der Waals surface area contributed by atoms with Gasteiger partial charge in [0.1, 0.15) is 0 Å². The van der Waals surface area contributed by atoms with E-state index in [2.05, 4.69) is 283 Å². The van der Waals surface area contributed by atoms with Crippen LogP contribution in [0.1, 0.15) is 107 Å². The van der Waals surface area contributed by atoms with E-state index in [1.807, 2.05) is 0 Å². The molecule has 0 saturated heterocycles. The predicted molar refractivity (Wildman–Crippen MR) is 335 cm³/mol. The van der Waals surface area contributed by atoms with Gasteiger partial charge in [-0.2, -0.15) is 0 Å². The van der Waals surface area contributed by atoms with Crippen molar-refractivity contribution in [2.75, 3.05) is 9.80 Å². The standard InChI is InChI=1S/C77H59BN2/c1-45(2)48-29-33-50(34-30-48)79-71-42-59-57-37-28-46(3)38-65(57)77(62-25-15-10-20-54(62)55-21-11-16-26-63(55)77)67(59)44-69(71)78-68-43-66-58(56-22-12-17-27-64(56)76(66)60-23-13-8-18-52(60)53-19-9-14-24-61(53)76)41-70(68)80(73-40-47(4)39-72(79)74(73)78)51-35-31-49(32-36-51)75(5,6)7/h8-45H,1-7H3. The summed E-state index contributed by atoms with van der Waals surface area (Å²) >= 11 is 0. The molecule has 2 aliphatic heterocycles. The largest absolute Gasteiger partial charge is 0.311 e. The summed E-state index contributed by atoms with van der Waals surface area (Å²) in [5.41, 5.74) is 36.9. The molecule has 0 atom stereocenters. The van der Waals surface area contributed by atoms with E-state index < -0.39 is 10.8 Å². The molecule has 2 spiro atoms. The van der Waals surface area contributed by atoms with Crippen molar-refractivity contribution in [2.24, 2.45) is 0 Å². The minimum Gasteiger partial charge on any atom is -0.311 e. The topological polar surface area (TPSA) is 6.48 Å². The lowest BCUT2D eigenvalue weighted by molar-refractivity contribution is 0.590. The highest BCUT2D eigenvalue weighted by Crippen LogP contribution is 2.66. The van der Waals surface area contributed by atoms with Gasteiger partial charge >= 0.3 is 0 Å². The number of hydrogen-bond donors (Lipinski definition) is 0. The summed E-state index contributed by atoms with van der Waals surface area (Å²) in [5, 5.41) is 0. The average Bonchev–Trinajstić information content (AvgIpc) is 4.34. The SMILES string of the molecule is Cc1cc2c3c(c1)N(c1ccc(C(C)C)cc1)c1cc4c(cc1B3c1cc3c(cc1N2c1ccc(C(C)(C)C)cc1)-c1ccccc1C31c2ccccc2-c2ccccc21)C1(c2ccccc2-c2ccccc21)c1cc(C)ccc1-4. The summed E-state index contributed by atoms with van der Waals surface area (Å²) in [6, 6.07) is 88.2. The third-order valence-electron chi connectivity index (χ3n) is 19.5. The zero-order valence-electron chi connectivity index (χ0n) is 46.4. The third-order valence-corrected chi connectivity index (χ3v) is 19.5. The summed E-state index contributed by atoms with van der Waals surface area (Å²) in [5.74, 6) is 0.412. The van der Waals surface area contributed by atoms with E-state index >= 15 is 0 Å². The van der Waals surface area contributed by atoms with Crippen molar-refractivity contribution in [1.29, 1.82) is 0 Å². The molecule has 11 aromatic carbocycles. The number of nitrogens with zero attached hydrogens (tertiary/aromatic N) is 2. The van der Waals surface area contributed by atoms with Gasteiger partial charge in [-0.05, 0) is 196 Å². The quantitative estimate of drug-likeness (QED) is 0.163. The lowest BCUT2D eigenvalue weighted by Crippen LogP contribution is -2.61. The molecule has 0 radical (unpaired) electrons. The molecule has 2 nitrogen and oxygen atoms in total. The Bertz CT molecular complexity index is 4440. The van der Waals surface area contributed by atoms with Crippen molar-refractivity contribution >= 4 is 57.2 Å². The third kappa shape index (κ3) is 5.70. The number of anilines is 6. The molecule has 0 aromatic heterocycles. The fraction of sp³-hybridized carbons (Fsp3) is 0.143. The van der Waals surface area contributed by atoms with Crippen LogP contribution < -0.4 is 26.2 Å². The Hall–Kier alpha value is -8.92. The van der Waals surface area contributed by atoms with E-state index in [0.717, 1.165) is 0 Å². The maximum Gasteiger partial charge on any atom is 0.252 e. The van der Waals surface area contributed by atoms with Gasteiger partial charge in [-0.25, -0.2) is 0 Å². The van der Waals surface area contributed by atoms with Crippen LogP contribution in [0, 0.1) is 13.8 Å². The van der Waals surface area contributed by atoms with Crippen LogP contribution >= 0.6 is 0 Å². The van der Waals surface area contributed by atoms with Crippen LogP contribution in [0.25, 0.3) is 44.5 Å². The number of rotatable bonds is 3. The van der Waals surface area contributed by atoms with Gasteiger partial charge in [0.05, 0.1) is 10.8 Å². The van der Waals surface area contributed by atoms with Crippen molar-refractivity contribution in [3.63, 3.8) is 0 Å². The molecule has 0 saturated carbocycles. The minimum atomic E-state index is -0.516. The summed E-state index contributed by atoms with van der Waals surface area (Å²) in [6.07, 6.45) is 0. The normalized spacial score (nSPS) is 15.2. The molecule has 0 fully saturated rings. The van der Waals surface area contributed by atoms with Gasteiger partial charge in [0.15, 0.2) is 0 Å². The summed E-state index contributed by atoms with van der Waals surface area (Å²) < 4.78 is 0. The molecule has 2 heterocycles. The van der Waals surface area contributed by atoms with Crippen LogP contribution in [-0.4, -0.2) is 6.71 Å². The second-order valence-corrected chi connectivity index (χ2v) is 25.1. The molecular weight excluding hydrogens is 964 g/mol. The van der Waals surface area contributed by atoms with Crippen molar-refractivity contribution in [3.05, 3.63) is 291 Å². The number of aryl methyl sites for hydroxylation is 2. The zero-order valence-corrected chi connectivity index (χ0v) is 46.4. The van der Waals surface area contributed by atoms with Gasteiger partial charge in [-0.15, -0.1) is 0 Å².